The summed E-state index contributed by atoms with van der Waals surface area (Å²) in [7, 11) is 0. The molecule has 1 aliphatic rings. The predicted octanol–water partition coefficient (Wildman–Crippen LogP) is 5.91. The third-order valence-corrected chi connectivity index (χ3v) is 5.17. The molecule has 0 atom stereocenters. The Morgan fingerprint density at radius 3 is 2.27 bits per heavy atom. The maximum atomic E-state index is 6.05. The van der Waals surface area contributed by atoms with E-state index in [0.717, 1.165) is 5.56 Å². The van der Waals surface area contributed by atoms with E-state index in [4.69, 9.17) is 23.2 Å². The highest BCUT2D eigenvalue weighted by molar-refractivity contribution is 6.42. The number of hydrogen-bond donors (Lipinski definition) is 0. The summed E-state index contributed by atoms with van der Waals surface area (Å²) in [4.78, 5) is 9.00. The van der Waals surface area contributed by atoms with Gasteiger partial charge in [-0.1, -0.05) is 29.3 Å². The van der Waals surface area contributed by atoms with Gasteiger partial charge in [-0.05, 0) is 61.3 Å². The molecular formula is C18H18Cl2N2. The summed E-state index contributed by atoms with van der Waals surface area (Å²) in [6, 6.07) is 5.46. The first-order valence-electron chi connectivity index (χ1n) is 7.57. The maximum absolute atomic E-state index is 6.05. The molecule has 0 unspecified atom stereocenters. The number of nitrogens with zero attached hydrogens (tertiary/aromatic N) is 2. The van der Waals surface area contributed by atoms with Gasteiger partial charge in [0.25, 0.3) is 0 Å². The molecule has 2 nitrogen and oxygen atoms in total. The second kappa shape index (κ2) is 6.80. The standard InChI is InChI=1S/C18H18Cl2N2/c1-2-12-3-5-13(6-4-12)15-10-21-18(22-11-15)14-7-8-16(19)17(20)9-14/h2,7-13H,1,3-6H2. The van der Waals surface area contributed by atoms with Gasteiger partial charge in [0.2, 0.25) is 0 Å². The zero-order valence-corrected chi connectivity index (χ0v) is 13.8. The number of rotatable bonds is 3. The van der Waals surface area contributed by atoms with Crippen LogP contribution in [0.3, 0.4) is 0 Å². The molecule has 2 aromatic rings. The lowest BCUT2D eigenvalue weighted by Crippen LogP contribution is -2.12. The van der Waals surface area contributed by atoms with Crippen molar-refractivity contribution < 1.29 is 0 Å². The molecule has 22 heavy (non-hydrogen) atoms. The molecular weight excluding hydrogens is 315 g/mol. The number of allylic oxidation sites excluding steroid dienone is 1. The maximum Gasteiger partial charge on any atom is 0.159 e. The Labute approximate surface area is 141 Å². The minimum absolute atomic E-state index is 0.523. The molecule has 0 N–H and O–H groups in total. The molecule has 1 saturated carbocycles. The average molecular weight is 333 g/mol. The quantitative estimate of drug-likeness (QED) is 0.653. The van der Waals surface area contributed by atoms with Gasteiger partial charge in [-0.3, -0.25) is 0 Å². The molecule has 1 heterocycles. The van der Waals surface area contributed by atoms with E-state index >= 15 is 0 Å². The van der Waals surface area contributed by atoms with Gasteiger partial charge in [0, 0.05) is 18.0 Å². The highest BCUT2D eigenvalue weighted by Crippen LogP contribution is 2.36. The van der Waals surface area contributed by atoms with Crippen molar-refractivity contribution in [2.45, 2.75) is 31.6 Å². The third-order valence-electron chi connectivity index (χ3n) is 4.43. The first-order valence-corrected chi connectivity index (χ1v) is 8.33. The van der Waals surface area contributed by atoms with Crippen molar-refractivity contribution >= 4 is 23.2 Å². The van der Waals surface area contributed by atoms with Gasteiger partial charge in [0.15, 0.2) is 5.82 Å². The molecule has 0 spiro atoms. The first-order chi connectivity index (χ1) is 10.7. The molecule has 0 amide bonds. The normalized spacial score (nSPS) is 21.5. The van der Waals surface area contributed by atoms with Crippen molar-refractivity contribution in [2.75, 3.05) is 0 Å². The van der Waals surface area contributed by atoms with Crippen LogP contribution in [0.15, 0.2) is 43.2 Å². The van der Waals surface area contributed by atoms with Gasteiger partial charge in [0.05, 0.1) is 10.0 Å². The van der Waals surface area contributed by atoms with Crippen molar-refractivity contribution in [3.63, 3.8) is 0 Å². The molecule has 4 heteroatoms. The highest BCUT2D eigenvalue weighted by atomic mass is 35.5. The van der Waals surface area contributed by atoms with Crippen LogP contribution in [0.2, 0.25) is 10.0 Å². The second-order valence-electron chi connectivity index (χ2n) is 5.82. The summed E-state index contributed by atoms with van der Waals surface area (Å²) >= 11 is 12.0. The predicted molar refractivity (Wildman–Crippen MR) is 92.4 cm³/mol. The number of aromatic nitrogens is 2. The van der Waals surface area contributed by atoms with E-state index < -0.39 is 0 Å². The fraction of sp³-hybridized carbons (Fsp3) is 0.333. The van der Waals surface area contributed by atoms with Crippen LogP contribution in [-0.4, -0.2) is 9.97 Å². The fourth-order valence-corrected chi connectivity index (χ4v) is 3.32. The Hall–Kier alpha value is -1.38. The largest absolute Gasteiger partial charge is 0.236 e. The minimum Gasteiger partial charge on any atom is -0.236 e. The topological polar surface area (TPSA) is 25.8 Å². The summed E-state index contributed by atoms with van der Waals surface area (Å²) in [5.74, 6) is 1.92. The van der Waals surface area contributed by atoms with Crippen LogP contribution in [0.4, 0.5) is 0 Å². The SMILES string of the molecule is C=CC1CCC(c2cnc(-c3ccc(Cl)c(Cl)c3)nc2)CC1. The lowest BCUT2D eigenvalue weighted by Gasteiger charge is -2.26. The molecule has 3 rings (SSSR count). The van der Waals surface area contributed by atoms with Crippen LogP contribution < -0.4 is 0 Å². The van der Waals surface area contributed by atoms with Crippen molar-refractivity contribution in [3.8, 4) is 11.4 Å². The Kier molecular flexibility index (Phi) is 4.80. The molecule has 1 aromatic carbocycles. The number of halogens is 2. The fourth-order valence-electron chi connectivity index (χ4n) is 3.02. The molecule has 1 aliphatic carbocycles. The van der Waals surface area contributed by atoms with Crippen LogP contribution >= 0.6 is 23.2 Å². The lowest BCUT2D eigenvalue weighted by molar-refractivity contribution is 0.375. The van der Waals surface area contributed by atoms with E-state index in [9.17, 15) is 0 Å². The summed E-state index contributed by atoms with van der Waals surface area (Å²) < 4.78 is 0. The van der Waals surface area contributed by atoms with Crippen molar-refractivity contribution in [2.24, 2.45) is 5.92 Å². The zero-order valence-electron chi connectivity index (χ0n) is 12.3. The molecule has 1 fully saturated rings. The van der Waals surface area contributed by atoms with Crippen molar-refractivity contribution in [1.82, 2.24) is 9.97 Å². The molecule has 1 aromatic heterocycles. The average Bonchev–Trinajstić information content (AvgIpc) is 2.58. The van der Waals surface area contributed by atoms with E-state index in [0.29, 0.717) is 27.7 Å². The highest BCUT2D eigenvalue weighted by Gasteiger charge is 2.21. The second-order valence-corrected chi connectivity index (χ2v) is 6.63. The minimum atomic E-state index is 0.523. The molecule has 0 radical (unpaired) electrons. The summed E-state index contributed by atoms with van der Waals surface area (Å²) in [6.45, 7) is 3.90. The molecule has 0 saturated heterocycles. The van der Waals surface area contributed by atoms with Crippen molar-refractivity contribution in [3.05, 3.63) is 58.9 Å². The Bertz CT molecular complexity index is 659. The summed E-state index contributed by atoms with van der Waals surface area (Å²) in [6.07, 6.45) is 10.8. The summed E-state index contributed by atoms with van der Waals surface area (Å²) in [5, 5.41) is 1.07. The van der Waals surface area contributed by atoms with E-state index in [-0.39, 0.29) is 0 Å². The summed E-state index contributed by atoms with van der Waals surface area (Å²) in [5.41, 5.74) is 2.11. The molecule has 0 bridgehead atoms. The van der Waals surface area contributed by atoms with E-state index in [1.54, 1.807) is 12.1 Å². The van der Waals surface area contributed by atoms with Crippen LogP contribution in [0, 0.1) is 5.92 Å². The number of benzene rings is 1. The third kappa shape index (κ3) is 3.34. The van der Waals surface area contributed by atoms with Crippen LogP contribution in [0.25, 0.3) is 11.4 Å². The lowest BCUT2D eigenvalue weighted by atomic mass is 9.79. The van der Waals surface area contributed by atoms with E-state index in [1.807, 2.05) is 18.5 Å². The zero-order chi connectivity index (χ0) is 15.5. The Morgan fingerprint density at radius 2 is 1.68 bits per heavy atom. The molecule has 114 valence electrons. The van der Waals surface area contributed by atoms with E-state index in [1.165, 1.54) is 31.2 Å². The van der Waals surface area contributed by atoms with Gasteiger partial charge in [0.1, 0.15) is 0 Å². The van der Waals surface area contributed by atoms with Crippen LogP contribution in [-0.2, 0) is 0 Å². The van der Waals surface area contributed by atoms with E-state index in [2.05, 4.69) is 22.6 Å². The van der Waals surface area contributed by atoms with Gasteiger partial charge in [-0.25, -0.2) is 9.97 Å². The Morgan fingerprint density at radius 1 is 1.00 bits per heavy atom. The monoisotopic (exact) mass is 332 g/mol. The van der Waals surface area contributed by atoms with Gasteiger partial charge in [-0.2, -0.15) is 0 Å². The first kappa shape index (κ1) is 15.5. The van der Waals surface area contributed by atoms with Gasteiger partial charge >= 0.3 is 0 Å². The van der Waals surface area contributed by atoms with Crippen LogP contribution in [0.5, 0.6) is 0 Å². The molecule has 0 aliphatic heterocycles. The number of hydrogen-bond acceptors (Lipinski definition) is 2. The smallest absolute Gasteiger partial charge is 0.159 e. The van der Waals surface area contributed by atoms with Crippen molar-refractivity contribution in [1.29, 1.82) is 0 Å². The van der Waals surface area contributed by atoms with Gasteiger partial charge < -0.3 is 0 Å². The Balaban J connectivity index is 1.75. The van der Waals surface area contributed by atoms with Crippen LogP contribution in [0.1, 0.15) is 37.2 Å². The van der Waals surface area contributed by atoms with Gasteiger partial charge in [-0.15, -0.1) is 6.58 Å².